The molecule has 0 aliphatic carbocycles. The molecule has 1 aromatic carbocycles. The van der Waals surface area contributed by atoms with Crippen LogP contribution in [-0.2, 0) is 9.53 Å². The summed E-state index contributed by atoms with van der Waals surface area (Å²) in [6, 6.07) is 4.01. The number of esters is 1. The average molecular weight is 317 g/mol. The van der Waals surface area contributed by atoms with Crippen LogP contribution in [0.2, 0.25) is 0 Å². The van der Waals surface area contributed by atoms with Crippen LogP contribution in [0, 0.1) is 10.1 Å². The Labute approximate surface area is 113 Å². The first-order valence-corrected chi connectivity index (χ1v) is 6.07. The number of carbonyl (C=O) groups is 1. The molecule has 1 atom stereocenters. The minimum Gasteiger partial charge on any atom is -0.467 e. The van der Waals surface area contributed by atoms with Crippen molar-refractivity contribution >= 4 is 33.3 Å². The van der Waals surface area contributed by atoms with E-state index in [2.05, 4.69) is 26.0 Å². The summed E-state index contributed by atoms with van der Waals surface area (Å²) in [7, 11) is 1.32. The molecule has 6 nitrogen and oxygen atoms in total. The van der Waals surface area contributed by atoms with Gasteiger partial charge in [0, 0.05) is 11.8 Å². The van der Waals surface area contributed by atoms with Crippen molar-refractivity contribution in [2.24, 2.45) is 0 Å². The number of benzene rings is 1. The highest BCUT2D eigenvalue weighted by Gasteiger charge is 2.18. The van der Waals surface area contributed by atoms with Gasteiger partial charge in [-0.05, 0) is 34.5 Å². The molecule has 18 heavy (non-hydrogen) atoms. The van der Waals surface area contributed by atoms with Crippen molar-refractivity contribution in [3.63, 3.8) is 0 Å². The number of anilines is 1. The van der Waals surface area contributed by atoms with E-state index in [1.165, 1.54) is 13.2 Å². The van der Waals surface area contributed by atoms with E-state index in [4.69, 9.17) is 0 Å². The van der Waals surface area contributed by atoms with Gasteiger partial charge < -0.3 is 10.1 Å². The van der Waals surface area contributed by atoms with E-state index in [0.29, 0.717) is 16.6 Å². The van der Waals surface area contributed by atoms with Crippen LogP contribution in [-0.4, -0.2) is 24.0 Å². The van der Waals surface area contributed by atoms with Crippen molar-refractivity contribution in [1.29, 1.82) is 0 Å². The highest BCUT2D eigenvalue weighted by atomic mass is 79.9. The second-order valence-electron chi connectivity index (χ2n) is 3.55. The Balaban J connectivity index is 2.88. The monoisotopic (exact) mass is 316 g/mol. The fourth-order valence-electron chi connectivity index (χ4n) is 1.42. The molecule has 1 aromatic rings. The zero-order chi connectivity index (χ0) is 13.7. The van der Waals surface area contributed by atoms with Gasteiger partial charge in [0.05, 0.1) is 16.5 Å². The van der Waals surface area contributed by atoms with E-state index >= 15 is 0 Å². The highest BCUT2D eigenvalue weighted by molar-refractivity contribution is 9.10. The first kappa shape index (κ1) is 14.4. The van der Waals surface area contributed by atoms with Crippen molar-refractivity contribution in [1.82, 2.24) is 0 Å². The fourth-order valence-corrected chi connectivity index (χ4v) is 1.94. The maximum absolute atomic E-state index is 11.4. The molecule has 1 rings (SSSR count). The third-order valence-corrected chi connectivity index (χ3v) is 3.01. The van der Waals surface area contributed by atoms with Crippen LogP contribution in [0.15, 0.2) is 22.7 Å². The van der Waals surface area contributed by atoms with Gasteiger partial charge >= 0.3 is 5.97 Å². The number of hydrogen-bond acceptors (Lipinski definition) is 5. The molecule has 0 saturated heterocycles. The molecule has 0 heterocycles. The molecule has 0 aliphatic rings. The molecule has 1 N–H and O–H groups in total. The quantitative estimate of drug-likeness (QED) is 0.513. The van der Waals surface area contributed by atoms with Crippen LogP contribution < -0.4 is 5.32 Å². The largest absolute Gasteiger partial charge is 0.467 e. The molecular weight excluding hydrogens is 304 g/mol. The topological polar surface area (TPSA) is 81.5 Å². The number of nitrogens with zero attached hydrogens (tertiary/aromatic N) is 1. The molecular formula is C11H13BrN2O4. The van der Waals surface area contributed by atoms with Crippen LogP contribution in [0.1, 0.15) is 13.3 Å². The third-order valence-electron chi connectivity index (χ3n) is 2.38. The van der Waals surface area contributed by atoms with Gasteiger partial charge in [0.2, 0.25) is 0 Å². The number of nitro benzene ring substituents is 1. The smallest absolute Gasteiger partial charge is 0.328 e. The predicted octanol–water partition coefficient (Wildman–Crippen LogP) is 2.72. The molecule has 98 valence electrons. The summed E-state index contributed by atoms with van der Waals surface area (Å²) in [5.74, 6) is -0.369. The summed E-state index contributed by atoms with van der Waals surface area (Å²) in [5, 5.41) is 13.6. The van der Waals surface area contributed by atoms with Gasteiger partial charge in [-0.1, -0.05) is 6.92 Å². The summed E-state index contributed by atoms with van der Waals surface area (Å²) in [6.07, 6.45) is 0.557. The standard InChI is InChI=1S/C11H13BrN2O4/c1-3-9(11(15)18-2)13-7-4-5-10(14(16)17)8(12)6-7/h4-6,9,13H,3H2,1-2H3. The average Bonchev–Trinajstić information content (AvgIpc) is 2.34. The lowest BCUT2D eigenvalue weighted by molar-refractivity contribution is -0.385. The zero-order valence-corrected chi connectivity index (χ0v) is 11.6. The predicted molar refractivity (Wildman–Crippen MR) is 70.5 cm³/mol. The molecule has 0 aromatic heterocycles. The van der Waals surface area contributed by atoms with Gasteiger partial charge in [-0.25, -0.2) is 4.79 Å². The second kappa shape index (κ2) is 6.34. The van der Waals surface area contributed by atoms with Gasteiger partial charge in [-0.3, -0.25) is 10.1 Å². The first-order chi connectivity index (χ1) is 8.49. The molecule has 1 unspecified atom stereocenters. The maximum atomic E-state index is 11.4. The molecule has 0 bridgehead atoms. The van der Waals surface area contributed by atoms with Crippen LogP contribution >= 0.6 is 15.9 Å². The Hall–Kier alpha value is -1.63. The number of methoxy groups -OCH3 is 1. The summed E-state index contributed by atoms with van der Waals surface area (Å²) in [6.45, 7) is 1.84. The van der Waals surface area contributed by atoms with Gasteiger partial charge in [0.15, 0.2) is 0 Å². The maximum Gasteiger partial charge on any atom is 0.328 e. The summed E-state index contributed by atoms with van der Waals surface area (Å²) in [5.41, 5.74) is 0.594. The van der Waals surface area contributed by atoms with E-state index in [1.807, 2.05) is 6.92 Å². The fraction of sp³-hybridized carbons (Fsp3) is 0.364. The Morgan fingerprint density at radius 1 is 1.61 bits per heavy atom. The number of nitro groups is 1. The molecule has 0 saturated carbocycles. The minimum atomic E-state index is -0.481. The minimum absolute atomic E-state index is 0.0216. The van der Waals surface area contributed by atoms with Crippen LogP contribution in [0.25, 0.3) is 0 Å². The van der Waals surface area contributed by atoms with Crippen molar-refractivity contribution in [2.45, 2.75) is 19.4 Å². The lowest BCUT2D eigenvalue weighted by Gasteiger charge is -2.15. The van der Waals surface area contributed by atoms with E-state index in [-0.39, 0.29) is 11.7 Å². The van der Waals surface area contributed by atoms with Crippen molar-refractivity contribution in [2.75, 3.05) is 12.4 Å². The Morgan fingerprint density at radius 2 is 2.28 bits per heavy atom. The van der Waals surface area contributed by atoms with Gasteiger partial charge in [0.25, 0.3) is 5.69 Å². The third kappa shape index (κ3) is 3.43. The number of rotatable bonds is 5. The lowest BCUT2D eigenvalue weighted by Crippen LogP contribution is -2.29. The molecule has 0 amide bonds. The normalized spacial score (nSPS) is 11.7. The van der Waals surface area contributed by atoms with E-state index < -0.39 is 11.0 Å². The van der Waals surface area contributed by atoms with Crippen LogP contribution in [0.5, 0.6) is 0 Å². The Bertz CT molecular complexity index is 464. The van der Waals surface area contributed by atoms with Crippen molar-refractivity contribution in [3.05, 3.63) is 32.8 Å². The van der Waals surface area contributed by atoms with Gasteiger partial charge in [0.1, 0.15) is 6.04 Å². The van der Waals surface area contributed by atoms with Gasteiger partial charge in [-0.15, -0.1) is 0 Å². The molecule has 0 spiro atoms. The van der Waals surface area contributed by atoms with Crippen molar-refractivity contribution < 1.29 is 14.5 Å². The highest BCUT2D eigenvalue weighted by Crippen LogP contribution is 2.28. The molecule has 7 heteroatoms. The summed E-state index contributed by atoms with van der Waals surface area (Å²) < 4.78 is 5.00. The lowest BCUT2D eigenvalue weighted by atomic mass is 10.2. The molecule has 0 radical (unpaired) electrons. The van der Waals surface area contributed by atoms with Crippen LogP contribution in [0.4, 0.5) is 11.4 Å². The summed E-state index contributed by atoms with van der Waals surface area (Å²) in [4.78, 5) is 21.6. The number of nitrogens with one attached hydrogen (secondary N) is 1. The second-order valence-corrected chi connectivity index (χ2v) is 4.41. The Kier molecular flexibility index (Phi) is 5.08. The van der Waals surface area contributed by atoms with Crippen LogP contribution in [0.3, 0.4) is 0 Å². The molecule has 0 aliphatic heterocycles. The summed E-state index contributed by atoms with van der Waals surface area (Å²) >= 11 is 3.12. The molecule has 0 fully saturated rings. The first-order valence-electron chi connectivity index (χ1n) is 5.27. The van der Waals surface area contributed by atoms with E-state index in [0.717, 1.165) is 0 Å². The number of halogens is 1. The van der Waals surface area contributed by atoms with Crippen molar-refractivity contribution in [3.8, 4) is 0 Å². The zero-order valence-electron chi connectivity index (χ0n) is 9.97. The number of carbonyl (C=O) groups excluding carboxylic acids is 1. The SMILES string of the molecule is CCC(Nc1ccc([N+](=O)[O-])c(Br)c1)C(=O)OC. The van der Waals surface area contributed by atoms with E-state index in [9.17, 15) is 14.9 Å². The van der Waals surface area contributed by atoms with Gasteiger partial charge in [-0.2, -0.15) is 0 Å². The Morgan fingerprint density at radius 3 is 2.72 bits per heavy atom. The van der Waals surface area contributed by atoms with E-state index in [1.54, 1.807) is 12.1 Å². The number of hydrogen-bond donors (Lipinski definition) is 1. The number of ether oxygens (including phenoxy) is 1.